The summed E-state index contributed by atoms with van der Waals surface area (Å²) in [4.78, 5) is 25.6. The predicted octanol–water partition coefficient (Wildman–Crippen LogP) is 3.24. The van der Waals surface area contributed by atoms with Crippen LogP contribution >= 0.6 is 0 Å². The average molecular weight is 380 g/mol. The van der Waals surface area contributed by atoms with Gasteiger partial charge in [0.1, 0.15) is 0 Å². The third-order valence-electron chi connectivity index (χ3n) is 7.54. The van der Waals surface area contributed by atoms with Gasteiger partial charge < -0.3 is 18.8 Å². The van der Waals surface area contributed by atoms with Gasteiger partial charge in [-0.15, -0.1) is 0 Å². The summed E-state index contributed by atoms with van der Waals surface area (Å²) in [5.74, 6) is -0.483. The van der Waals surface area contributed by atoms with Crippen LogP contribution in [-0.4, -0.2) is 44.5 Å². The van der Waals surface area contributed by atoms with Crippen LogP contribution in [0.3, 0.4) is 0 Å². The molecule has 27 heavy (non-hydrogen) atoms. The van der Waals surface area contributed by atoms with Crippen LogP contribution in [0.2, 0.25) is 6.32 Å². The molecule has 2 aliphatic carbocycles. The van der Waals surface area contributed by atoms with Crippen molar-refractivity contribution in [1.29, 1.82) is 0 Å². The molecule has 0 aromatic heterocycles. The first-order chi connectivity index (χ1) is 12.6. The van der Waals surface area contributed by atoms with Crippen LogP contribution in [0.1, 0.15) is 59.8 Å². The molecule has 0 radical (unpaired) electrons. The highest BCUT2D eigenvalue weighted by molar-refractivity contribution is 6.45. The zero-order valence-electron chi connectivity index (χ0n) is 17.5. The number of methoxy groups -OCH3 is 2. The van der Waals surface area contributed by atoms with E-state index in [1.165, 1.54) is 14.2 Å². The molecule has 0 unspecified atom stereocenters. The molecule has 7 heteroatoms. The molecule has 3 atom stereocenters. The minimum Gasteiger partial charge on any atom is -0.468 e. The number of esters is 2. The molecule has 0 aromatic carbocycles. The fourth-order valence-corrected chi connectivity index (χ4v) is 5.54. The van der Waals surface area contributed by atoms with Gasteiger partial charge in [0, 0.05) is 0 Å². The smallest absolute Gasteiger partial charge is 0.458 e. The van der Waals surface area contributed by atoms with Crippen molar-refractivity contribution in [3.05, 3.63) is 0 Å². The lowest BCUT2D eigenvalue weighted by Gasteiger charge is -2.35. The van der Waals surface area contributed by atoms with E-state index in [0.717, 1.165) is 25.7 Å². The van der Waals surface area contributed by atoms with E-state index in [1.54, 1.807) is 0 Å². The molecule has 0 amide bonds. The van der Waals surface area contributed by atoms with Crippen molar-refractivity contribution < 1.29 is 28.4 Å². The van der Waals surface area contributed by atoms with Gasteiger partial charge in [-0.2, -0.15) is 0 Å². The van der Waals surface area contributed by atoms with Crippen LogP contribution in [0, 0.1) is 23.2 Å². The maximum absolute atomic E-state index is 12.8. The standard InChI is InChI=1S/C20H33BO6/c1-18(2)19(3,4)27-21(26-18)12-13-11-20(16(22)24-5,17(23)25-6)15-10-8-7-9-14(13)15/h13-15H,7-12H2,1-6H3/t13-,14-,15-/m1/s1. The van der Waals surface area contributed by atoms with Gasteiger partial charge in [-0.3, -0.25) is 9.59 Å². The summed E-state index contributed by atoms with van der Waals surface area (Å²) in [6, 6.07) is 0. The van der Waals surface area contributed by atoms with E-state index in [2.05, 4.69) is 0 Å². The number of carbonyl (C=O) groups is 2. The van der Waals surface area contributed by atoms with Crippen molar-refractivity contribution in [2.24, 2.45) is 23.2 Å². The maximum atomic E-state index is 12.8. The van der Waals surface area contributed by atoms with E-state index < -0.39 is 17.4 Å². The van der Waals surface area contributed by atoms with Crippen LogP contribution < -0.4 is 0 Å². The first-order valence-corrected chi connectivity index (χ1v) is 10.1. The van der Waals surface area contributed by atoms with Crippen molar-refractivity contribution in [3.63, 3.8) is 0 Å². The number of hydrogen-bond donors (Lipinski definition) is 0. The highest BCUT2D eigenvalue weighted by Gasteiger charge is 2.65. The van der Waals surface area contributed by atoms with Crippen LogP contribution in [0.15, 0.2) is 0 Å². The lowest BCUT2D eigenvalue weighted by Crippen LogP contribution is -2.46. The minimum absolute atomic E-state index is 0.0291. The Morgan fingerprint density at radius 3 is 2.00 bits per heavy atom. The van der Waals surface area contributed by atoms with Gasteiger partial charge in [0.25, 0.3) is 0 Å². The molecular weight excluding hydrogens is 347 g/mol. The summed E-state index contributed by atoms with van der Waals surface area (Å²) in [6.45, 7) is 8.16. The Kier molecular flexibility index (Phi) is 5.41. The fourth-order valence-electron chi connectivity index (χ4n) is 5.54. The molecule has 1 heterocycles. The molecule has 0 bridgehead atoms. The van der Waals surface area contributed by atoms with E-state index in [0.29, 0.717) is 12.7 Å². The first kappa shape index (κ1) is 20.7. The van der Waals surface area contributed by atoms with Crippen LogP contribution in [0.4, 0.5) is 0 Å². The topological polar surface area (TPSA) is 71.1 Å². The Morgan fingerprint density at radius 1 is 0.963 bits per heavy atom. The molecule has 2 saturated carbocycles. The van der Waals surface area contributed by atoms with Gasteiger partial charge in [-0.25, -0.2) is 0 Å². The molecular formula is C20H33BO6. The Labute approximate surface area is 162 Å². The van der Waals surface area contributed by atoms with Gasteiger partial charge in [0.2, 0.25) is 0 Å². The van der Waals surface area contributed by atoms with Crippen LogP contribution in [-0.2, 0) is 28.4 Å². The molecule has 3 rings (SSSR count). The lowest BCUT2D eigenvalue weighted by molar-refractivity contribution is -0.173. The largest absolute Gasteiger partial charge is 0.468 e. The quantitative estimate of drug-likeness (QED) is 0.424. The number of ether oxygens (including phenoxy) is 2. The third-order valence-corrected chi connectivity index (χ3v) is 7.54. The van der Waals surface area contributed by atoms with Gasteiger partial charge in [0.15, 0.2) is 5.41 Å². The highest BCUT2D eigenvalue weighted by atomic mass is 16.7. The summed E-state index contributed by atoms with van der Waals surface area (Å²) in [6.07, 6.45) is 5.16. The summed E-state index contributed by atoms with van der Waals surface area (Å²) in [5.41, 5.74) is -1.96. The molecule has 1 aliphatic heterocycles. The molecule has 6 nitrogen and oxygen atoms in total. The monoisotopic (exact) mass is 380 g/mol. The predicted molar refractivity (Wildman–Crippen MR) is 101 cm³/mol. The van der Waals surface area contributed by atoms with E-state index in [-0.39, 0.29) is 36.1 Å². The van der Waals surface area contributed by atoms with Gasteiger partial charge in [-0.1, -0.05) is 12.8 Å². The van der Waals surface area contributed by atoms with E-state index in [9.17, 15) is 9.59 Å². The summed E-state index contributed by atoms with van der Waals surface area (Å²) in [7, 11) is 2.38. The summed E-state index contributed by atoms with van der Waals surface area (Å²) < 4.78 is 22.6. The van der Waals surface area contributed by atoms with Gasteiger partial charge >= 0.3 is 19.1 Å². The van der Waals surface area contributed by atoms with Crippen LogP contribution in [0.25, 0.3) is 0 Å². The minimum atomic E-state index is -1.19. The van der Waals surface area contributed by atoms with Crippen molar-refractivity contribution in [2.45, 2.75) is 77.3 Å². The Bertz CT molecular complexity index is 569. The average Bonchev–Trinajstić information content (AvgIpc) is 3.05. The molecule has 0 aromatic rings. The Hall–Kier alpha value is -1.08. The zero-order valence-corrected chi connectivity index (χ0v) is 17.5. The number of hydrogen-bond acceptors (Lipinski definition) is 6. The van der Waals surface area contributed by atoms with E-state index in [4.69, 9.17) is 18.8 Å². The third kappa shape index (κ3) is 3.21. The van der Waals surface area contributed by atoms with Crippen molar-refractivity contribution in [3.8, 4) is 0 Å². The van der Waals surface area contributed by atoms with Crippen LogP contribution in [0.5, 0.6) is 0 Å². The number of fused-ring (bicyclic) bond motifs is 1. The molecule has 1 saturated heterocycles. The Morgan fingerprint density at radius 2 is 1.48 bits per heavy atom. The Balaban J connectivity index is 1.87. The summed E-state index contributed by atoms with van der Waals surface area (Å²) >= 11 is 0. The molecule has 3 aliphatic rings. The fraction of sp³-hybridized carbons (Fsp3) is 0.900. The second kappa shape index (κ2) is 7.07. The number of rotatable bonds is 4. The zero-order chi connectivity index (χ0) is 20.0. The summed E-state index contributed by atoms with van der Waals surface area (Å²) in [5, 5.41) is 0. The second-order valence-corrected chi connectivity index (χ2v) is 9.40. The SMILES string of the molecule is COC(=O)C1(C(=O)OC)C[C@H](CB2OC(C)(C)C(C)(C)O2)[C@H]2CCCC[C@H]21. The molecule has 0 N–H and O–H groups in total. The molecule has 152 valence electrons. The maximum Gasteiger partial charge on any atom is 0.458 e. The molecule has 0 spiro atoms. The second-order valence-electron chi connectivity index (χ2n) is 9.40. The number of carbonyl (C=O) groups excluding carboxylic acids is 2. The molecule has 3 fully saturated rings. The first-order valence-electron chi connectivity index (χ1n) is 10.1. The van der Waals surface area contributed by atoms with Crippen molar-refractivity contribution >= 4 is 19.1 Å². The highest BCUT2D eigenvalue weighted by Crippen LogP contribution is 2.59. The lowest BCUT2D eigenvalue weighted by atomic mass is 9.67. The van der Waals surface area contributed by atoms with Crippen molar-refractivity contribution in [1.82, 2.24) is 0 Å². The van der Waals surface area contributed by atoms with Crippen molar-refractivity contribution in [2.75, 3.05) is 14.2 Å². The van der Waals surface area contributed by atoms with E-state index in [1.807, 2.05) is 27.7 Å². The van der Waals surface area contributed by atoms with E-state index >= 15 is 0 Å². The van der Waals surface area contributed by atoms with Gasteiger partial charge in [0.05, 0.1) is 25.4 Å². The normalized spacial score (nSPS) is 33.4. The van der Waals surface area contributed by atoms with Gasteiger partial charge in [-0.05, 0) is 71.0 Å².